The third-order valence-corrected chi connectivity index (χ3v) is 5.02. The molecule has 0 aliphatic carbocycles. The average Bonchev–Trinajstić information content (AvgIpc) is 2.63. The van der Waals surface area contributed by atoms with Crippen LogP contribution in [0.5, 0.6) is 0 Å². The second-order valence-corrected chi connectivity index (χ2v) is 6.61. The molecule has 15 heavy (non-hydrogen) atoms. The smallest absolute Gasteiger partial charge is 0.0897 e. The predicted molar refractivity (Wildman–Crippen MR) is 68.6 cm³/mol. The maximum absolute atomic E-state index is 4.47. The molecule has 2 rings (SSSR count). The number of nitrogens with one attached hydrogen (secondary N) is 1. The normalized spacial score (nSPS) is 26.8. The molecule has 4 heteroatoms. The maximum Gasteiger partial charge on any atom is 0.0897 e. The molecule has 2 heterocycles. The van der Waals surface area contributed by atoms with Crippen LogP contribution in [0.1, 0.15) is 30.5 Å². The van der Waals surface area contributed by atoms with Gasteiger partial charge in [0.05, 0.1) is 10.7 Å². The number of thiazole rings is 1. The Balaban J connectivity index is 1.81. The van der Waals surface area contributed by atoms with E-state index in [0.717, 1.165) is 16.8 Å². The lowest BCUT2D eigenvalue weighted by Crippen LogP contribution is -2.38. The van der Waals surface area contributed by atoms with Crippen LogP contribution in [0, 0.1) is 6.92 Å². The van der Waals surface area contributed by atoms with Crippen molar-refractivity contribution < 1.29 is 0 Å². The first-order chi connectivity index (χ1) is 7.25. The van der Waals surface area contributed by atoms with Gasteiger partial charge in [0.2, 0.25) is 0 Å². The van der Waals surface area contributed by atoms with Gasteiger partial charge in [-0.05, 0) is 25.5 Å². The van der Waals surface area contributed by atoms with Crippen LogP contribution in [-0.4, -0.2) is 22.0 Å². The third kappa shape index (κ3) is 3.20. The van der Waals surface area contributed by atoms with E-state index in [1.54, 1.807) is 11.3 Å². The van der Waals surface area contributed by atoms with Gasteiger partial charge in [-0.2, -0.15) is 11.8 Å². The molecule has 84 valence electrons. The van der Waals surface area contributed by atoms with Crippen LogP contribution in [0.4, 0.5) is 0 Å². The highest BCUT2D eigenvalue weighted by molar-refractivity contribution is 7.99. The van der Waals surface area contributed by atoms with Gasteiger partial charge in [-0.25, -0.2) is 4.98 Å². The van der Waals surface area contributed by atoms with Crippen LogP contribution in [0.15, 0.2) is 5.38 Å². The van der Waals surface area contributed by atoms with Crippen molar-refractivity contribution >= 4 is 23.1 Å². The predicted octanol–water partition coefficient (Wildman–Crippen LogP) is 2.83. The Morgan fingerprint density at radius 1 is 1.60 bits per heavy atom. The van der Waals surface area contributed by atoms with E-state index in [0.29, 0.717) is 6.04 Å². The number of nitrogens with zero attached hydrogens (tertiary/aromatic N) is 1. The van der Waals surface area contributed by atoms with Crippen molar-refractivity contribution in [3.8, 4) is 0 Å². The molecule has 2 atom stereocenters. The molecule has 1 aliphatic heterocycles. The van der Waals surface area contributed by atoms with E-state index in [9.17, 15) is 0 Å². The fourth-order valence-electron chi connectivity index (χ4n) is 1.92. The number of hydrogen-bond acceptors (Lipinski definition) is 4. The molecule has 0 saturated carbocycles. The molecular weight excluding hydrogens is 224 g/mol. The lowest BCUT2D eigenvalue weighted by Gasteiger charge is -2.28. The summed E-state index contributed by atoms with van der Waals surface area (Å²) >= 11 is 3.82. The summed E-state index contributed by atoms with van der Waals surface area (Å²) in [6, 6.07) is 0.672. The highest BCUT2D eigenvalue weighted by atomic mass is 32.2. The Hall–Kier alpha value is -0.0600. The first-order valence-electron chi connectivity index (χ1n) is 5.51. The lowest BCUT2D eigenvalue weighted by molar-refractivity contribution is 0.459. The zero-order valence-corrected chi connectivity index (χ0v) is 11.0. The molecule has 0 amide bonds. The summed E-state index contributed by atoms with van der Waals surface area (Å²) in [7, 11) is 0. The Morgan fingerprint density at radius 2 is 2.47 bits per heavy atom. The molecule has 1 N–H and O–H groups in total. The van der Waals surface area contributed by atoms with Crippen molar-refractivity contribution in [2.45, 2.75) is 44.5 Å². The highest BCUT2D eigenvalue weighted by Gasteiger charge is 2.21. The maximum atomic E-state index is 4.47. The SMILES string of the molecule is Cc1nc(CNC2CCCSC2C)cs1. The van der Waals surface area contributed by atoms with Crippen LogP contribution >= 0.6 is 23.1 Å². The molecule has 2 nitrogen and oxygen atoms in total. The minimum atomic E-state index is 0.672. The van der Waals surface area contributed by atoms with Gasteiger partial charge in [0.15, 0.2) is 0 Å². The molecule has 0 radical (unpaired) electrons. The van der Waals surface area contributed by atoms with Gasteiger partial charge < -0.3 is 5.32 Å². The molecule has 1 aliphatic rings. The quantitative estimate of drug-likeness (QED) is 0.882. The van der Waals surface area contributed by atoms with Crippen molar-refractivity contribution in [2.75, 3.05) is 5.75 Å². The van der Waals surface area contributed by atoms with Crippen LogP contribution in [0.25, 0.3) is 0 Å². The molecule has 2 unspecified atom stereocenters. The minimum Gasteiger partial charge on any atom is -0.307 e. The van der Waals surface area contributed by atoms with E-state index in [4.69, 9.17) is 0 Å². The van der Waals surface area contributed by atoms with Gasteiger partial charge in [0, 0.05) is 23.2 Å². The van der Waals surface area contributed by atoms with Crippen LogP contribution in [-0.2, 0) is 6.54 Å². The summed E-state index contributed by atoms with van der Waals surface area (Å²) in [5, 5.41) is 7.69. The molecular formula is C11H18N2S2. The molecule has 1 saturated heterocycles. The number of thioether (sulfide) groups is 1. The van der Waals surface area contributed by atoms with E-state index in [1.807, 2.05) is 0 Å². The standard InChI is InChI=1S/C11H18N2S2/c1-8-11(4-3-5-14-8)12-6-10-7-15-9(2)13-10/h7-8,11-12H,3-6H2,1-2H3. The Morgan fingerprint density at radius 3 is 3.13 bits per heavy atom. The molecule has 1 aromatic rings. The summed E-state index contributed by atoms with van der Waals surface area (Å²) in [5.74, 6) is 1.33. The molecule has 0 aromatic carbocycles. The van der Waals surface area contributed by atoms with Crippen molar-refractivity contribution in [1.29, 1.82) is 0 Å². The van der Waals surface area contributed by atoms with Gasteiger partial charge in [0.25, 0.3) is 0 Å². The average molecular weight is 242 g/mol. The van der Waals surface area contributed by atoms with E-state index in [-0.39, 0.29) is 0 Å². The van der Waals surface area contributed by atoms with Crippen molar-refractivity contribution in [2.24, 2.45) is 0 Å². The number of aromatic nitrogens is 1. The fraction of sp³-hybridized carbons (Fsp3) is 0.727. The molecule has 0 spiro atoms. The highest BCUT2D eigenvalue weighted by Crippen LogP contribution is 2.25. The van der Waals surface area contributed by atoms with Gasteiger partial charge in [-0.1, -0.05) is 6.92 Å². The van der Waals surface area contributed by atoms with Crippen molar-refractivity contribution in [3.05, 3.63) is 16.1 Å². The molecule has 1 aromatic heterocycles. The number of rotatable bonds is 3. The summed E-state index contributed by atoms with van der Waals surface area (Å²) in [6.07, 6.45) is 2.67. The summed E-state index contributed by atoms with van der Waals surface area (Å²) in [4.78, 5) is 4.47. The number of aryl methyl sites for hydroxylation is 1. The van der Waals surface area contributed by atoms with E-state index < -0.39 is 0 Å². The van der Waals surface area contributed by atoms with Crippen molar-refractivity contribution in [3.63, 3.8) is 0 Å². The Kier molecular flexibility index (Phi) is 4.05. The summed E-state index contributed by atoms with van der Waals surface area (Å²) < 4.78 is 0. The van der Waals surface area contributed by atoms with Crippen LogP contribution in [0.2, 0.25) is 0 Å². The zero-order chi connectivity index (χ0) is 10.7. The fourth-order valence-corrected chi connectivity index (χ4v) is 3.70. The topological polar surface area (TPSA) is 24.9 Å². The van der Waals surface area contributed by atoms with Gasteiger partial charge in [-0.3, -0.25) is 0 Å². The van der Waals surface area contributed by atoms with Crippen LogP contribution in [0.3, 0.4) is 0 Å². The van der Waals surface area contributed by atoms with Crippen LogP contribution < -0.4 is 5.32 Å². The van der Waals surface area contributed by atoms with Gasteiger partial charge in [-0.15, -0.1) is 11.3 Å². The largest absolute Gasteiger partial charge is 0.307 e. The van der Waals surface area contributed by atoms with Crippen molar-refractivity contribution in [1.82, 2.24) is 10.3 Å². The molecule has 0 bridgehead atoms. The third-order valence-electron chi connectivity index (χ3n) is 2.82. The first kappa shape index (κ1) is 11.4. The Labute approximate surface area is 99.9 Å². The minimum absolute atomic E-state index is 0.672. The first-order valence-corrected chi connectivity index (χ1v) is 7.44. The second kappa shape index (κ2) is 5.32. The number of hydrogen-bond donors (Lipinski definition) is 1. The summed E-state index contributed by atoms with van der Waals surface area (Å²) in [6.45, 7) is 5.32. The summed E-state index contributed by atoms with van der Waals surface area (Å²) in [5.41, 5.74) is 1.19. The van der Waals surface area contributed by atoms with E-state index in [2.05, 4.69) is 41.3 Å². The zero-order valence-electron chi connectivity index (χ0n) is 9.32. The monoisotopic (exact) mass is 242 g/mol. The van der Waals surface area contributed by atoms with E-state index in [1.165, 1.54) is 24.3 Å². The van der Waals surface area contributed by atoms with Gasteiger partial charge >= 0.3 is 0 Å². The van der Waals surface area contributed by atoms with E-state index >= 15 is 0 Å². The lowest BCUT2D eigenvalue weighted by atomic mass is 10.1. The molecule has 1 fully saturated rings. The Bertz CT molecular complexity index is 311. The second-order valence-electron chi connectivity index (χ2n) is 4.06. The van der Waals surface area contributed by atoms with Gasteiger partial charge in [0.1, 0.15) is 0 Å².